The molecule has 0 aromatic rings. The fourth-order valence-electron chi connectivity index (χ4n) is 8.17. The highest BCUT2D eigenvalue weighted by molar-refractivity contribution is 5.91. The van der Waals surface area contributed by atoms with Crippen molar-refractivity contribution in [2.75, 3.05) is 21.2 Å². The molecule has 0 aromatic heterocycles. The molecule has 0 bridgehead atoms. The highest BCUT2D eigenvalue weighted by atomic mass is 16.7. The minimum absolute atomic E-state index is 0.0568. The van der Waals surface area contributed by atoms with E-state index >= 15 is 0 Å². The van der Waals surface area contributed by atoms with Gasteiger partial charge in [-0.25, -0.2) is 0 Å². The number of epoxide rings is 1. The number of aliphatic hydroxyl groups is 2. The van der Waals surface area contributed by atoms with Gasteiger partial charge < -0.3 is 62.5 Å². The standard InChI is InChI=1S/C39H61NO16/c1-19-15-25(13-14-41)35(36(48-10)29(52-23(5)42)17-30(45)49-20(2)16-28-27(54-28)12-11-26(19)44)56-38-33(46)32(40(8)9)34(21(3)51-38)55-31-18-39(7,47)37(22(4)50-31)53-24(6)43/h11-12,14,19-22,25,27-29,31-38,46-47H,13,15-18H2,1-10H3/b12-11-/t19-,20-,21-,22+,25+,27+,28-,29+,31+,32-,33+,34-,35+,36-,37-,38+,39+/m1/s1. The van der Waals surface area contributed by atoms with Crippen molar-refractivity contribution in [1.82, 2.24) is 4.90 Å². The number of ether oxygens (including phenoxy) is 9. The number of carbonyl (C=O) groups excluding carboxylic acids is 5. The summed E-state index contributed by atoms with van der Waals surface area (Å²) >= 11 is 0. The van der Waals surface area contributed by atoms with E-state index in [2.05, 4.69) is 0 Å². The average Bonchev–Trinajstić information content (AvgIpc) is 3.82. The number of fused-ring (bicyclic) bond motifs is 1. The Kier molecular flexibility index (Phi) is 16.1. The SMILES string of the molecule is CO[C@H]1[C@@H](O[C@@H]2O[C@H](C)[C@@H](O[C@H]3C[C@](C)(O)[C@H](OC(C)=O)[C@H](C)O3)[C@H](N(C)C)[C@@H]2O)[C@@H](CC=O)C[C@@H](C)C(=O)/C=C\[C@@H]2O[C@@H]2C[C@@H](C)OC(=O)C[C@@H]1OC(C)=O. The summed E-state index contributed by atoms with van der Waals surface area (Å²) in [6, 6.07) is -0.796. The molecule has 17 nitrogen and oxygen atoms in total. The van der Waals surface area contributed by atoms with E-state index in [4.69, 9.17) is 42.6 Å². The monoisotopic (exact) mass is 799 g/mol. The van der Waals surface area contributed by atoms with Crippen LogP contribution in [0.3, 0.4) is 0 Å². The van der Waals surface area contributed by atoms with Crippen molar-refractivity contribution in [3.8, 4) is 0 Å². The van der Waals surface area contributed by atoms with Crippen molar-refractivity contribution < 1.29 is 76.8 Å². The van der Waals surface area contributed by atoms with Crippen LogP contribution in [0.2, 0.25) is 0 Å². The summed E-state index contributed by atoms with van der Waals surface area (Å²) in [5, 5.41) is 23.2. The van der Waals surface area contributed by atoms with Crippen LogP contribution >= 0.6 is 0 Å². The molecule has 4 aliphatic heterocycles. The van der Waals surface area contributed by atoms with Crippen molar-refractivity contribution in [3.05, 3.63) is 12.2 Å². The lowest BCUT2D eigenvalue weighted by Crippen LogP contribution is -2.66. The van der Waals surface area contributed by atoms with E-state index in [9.17, 15) is 34.2 Å². The molecule has 17 heteroatoms. The fourth-order valence-corrected chi connectivity index (χ4v) is 8.17. The summed E-state index contributed by atoms with van der Waals surface area (Å²) in [4.78, 5) is 64.8. The molecule has 0 radical (unpaired) electrons. The van der Waals surface area contributed by atoms with Crippen LogP contribution in [0, 0.1) is 11.8 Å². The molecule has 4 heterocycles. The van der Waals surface area contributed by atoms with E-state index in [-0.39, 0.29) is 37.3 Å². The van der Waals surface area contributed by atoms with Gasteiger partial charge in [-0.1, -0.05) is 6.92 Å². The smallest absolute Gasteiger partial charge is 0.309 e. The second-order valence-electron chi connectivity index (χ2n) is 16.0. The van der Waals surface area contributed by atoms with Crippen LogP contribution in [0.1, 0.15) is 80.6 Å². The Bertz CT molecular complexity index is 1400. The van der Waals surface area contributed by atoms with Crippen molar-refractivity contribution in [2.45, 2.75) is 172 Å². The number of carbonyl (C=O) groups is 5. The molecule has 4 rings (SSSR count). The van der Waals surface area contributed by atoms with E-state index in [1.54, 1.807) is 52.8 Å². The molecular weight excluding hydrogens is 738 g/mol. The Labute approximate surface area is 328 Å². The number of nitrogens with zero attached hydrogens (tertiary/aromatic N) is 1. The minimum atomic E-state index is -1.50. The fraction of sp³-hybridized carbons (Fsp3) is 0.821. The normalized spacial score (nSPS) is 43.2. The maximum atomic E-state index is 13.4. The Hall–Kier alpha value is -2.87. The maximum absolute atomic E-state index is 13.4. The molecule has 17 atom stereocenters. The zero-order chi connectivity index (χ0) is 41.6. The number of allylic oxidation sites excluding steroid dienone is 1. The number of methoxy groups -OCH3 is 1. The number of aldehydes is 1. The second-order valence-corrected chi connectivity index (χ2v) is 16.0. The van der Waals surface area contributed by atoms with E-state index < -0.39 is 115 Å². The Morgan fingerprint density at radius 1 is 0.964 bits per heavy atom. The molecule has 0 amide bonds. The quantitative estimate of drug-likeness (QED) is 0.138. The van der Waals surface area contributed by atoms with Crippen LogP contribution < -0.4 is 0 Å². The predicted molar refractivity (Wildman–Crippen MR) is 195 cm³/mol. The van der Waals surface area contributed by atoms with Crippen molar-refractivity contribution in [1.29, 1.82) is 0 Å². The lowest BCUT2D eigenvalue weighted by atomic mass is 9.83. The van der Waals surface area contributed by atoms with E-state index in [0.717, 1.165) is 0 Å². The zero-order valence-corrected chi connectivity index (χ0v) is 34.1. The number of cyclic esters (lactones) is 1. The predicted octanol–water partition coefficient (Wildman–Crippen LogP) is 1.41. The highest BCUT2D eigenvalue weighted by Gasteiger charge is 2.53. The Balaban J connectivity index is 1.67. The summed E-state index contributed by atoms with van der Waals surface area (Å²) in [5.41, 5.74) is -1.50. The van der Waals surface area contributed by atoms with Gasteiger partial charge in [0.2, 0.25) is 0 Å². The van der Waals surface area contributed by atoms with Crippen LogP contribution in [0.5, 0.6) is 0 Å². The number of aliphatic hydroxyl groups excluding tert-OH is 1. The summed E-state index contributed by atoms with van der Waals surface area (Å²) in [6.45, 7) is 10.8. The van der Waals surface area contributed by atoms with Crippen LogP contribution in [-0.4, -0.2) is 158 Å². The molecular formula is C39H61NO16. The van der Waals surface area contributed by atoms with Gasteiger partial charge in [-0.3, -0.25) is 19.2 Å². The van der Waals surface area contributed by atoms with Crippen LogP contribution in [0.15, 0.2) is 12.2 Å². The van der Waals surface area contributed by atoms with Crippen molar-refractivity contribution >= 4 is 30.0 Å². The van der Waals surface area contributed by atoms with E-state index in [0.29, 0.717) is 12.7 Å². The average molecular weight is 800 g/mol. The van der Waals surface area contributed by atoms with Gasteiger partial charge in [-0.2, -0.15) is 0 Å². The van der Waals surface area contributed by atoms with Gasteiger partial charge in [0.15, 0.2) is 24.5 Å². The van der Waals surface area contributed by atoms with Crippen LogP contribution in [0.25, 0.3) is 0 Å². The molecule has 0 spiro atoms. The molecule has 56 heavy (non-hydrogen) atoms. The number of ketones is 1. The summed E-state index contributed by atoms with van der Waals surface area (Å²) in [6.07, 6.45) is -8.14. The number of esters is 3. The Morgan fingerprint density at radius 3 is 2.23 bits per heavy atom. The first-order valence-corrected chi connectivity index (χ1v) is 19.3. The number of hydrogen-bond acceptors (Lipinski definition) is 17. The van der Waals surface area contributed by atoms with Gasteiger partial charge >= 0.3 is 17.9 Å². The molecule has 0 aromatic carbocycles. The second kappa shape index (κ2) is 19.7. The molecule has 3 fully saturated rings. The molecule has 4 aliphatic rings. The number of rotatable bonds is 10. The maximum Gasteiger partial charge on any atom is 0.309 e. The van der Waals surface area contributed by atoms with Crippen LogP contribution in [0.4, 0.5) is 0 Å². The lowest BCUT2D eigenvalue weighted by Gasteiger charge is -2.50. The number of likely N-dealkylation sites (N-methyl/N-ethyl adjacent to an activating group) is 1. The van der Waals surface area contributed by atoms with Crippen LogP contribution in [-0.2, 0) is 66.6 Å². The minimum Gasteiger partial charge on any atom is -0.462 e. The van der Waals surface area contributed by atoms with Gasteiger partial charge in [0.1, 0.15) is 48.5 Å². The van der Waals surface area contributed by atoms with E-state index in [1.165, 1.54) is 34.0 Å². The van der Waals surface area contributed by atoms with E-state index in [1.807, 2.05) is 0 Å². The molecule has 0 saturated carbocycles. The van der Waals surface area contributed by atoms with Gasteiger partial charge in [0, 0.05) is 46.1 Å². The molecule has 3 saturated heterocycles. The largest absolute Gasteiger partial charge is 0.462 e. The summed E-state index contributed by atoms with van der Waals surface area (Å²) in [7, 11) is 4.80. The first-order valence-electron chi connectivity index (χ1n) is 19.3. The molecule has 0 unspecified atom stereocenters. The Morgan fingerprint density at radius 2 is 1.64 bits per heavy atom. The van der Waals surface area contributed by atoms with Gasteiger partial charge in [-0.05, 0) is 66.3 Å². The third-order valence-corrected chi connectivity index (χ3v) is 10.9. The number of hydrogen-bond donors (Lipinski definition) is 2. The van der Waals surface area contributed by atoms with Gasteiger partial charge in [-0.15, -0.1) is 0 Å². The summed E-state index contributed by atoms with van der Waals surface area (Å²) < 4.78 is 53.6. The zero-order valence-electron chi connectivity index (χ0n) is 34.1. The molecule has 318 valence electrons. The molecule has 0 aliphatic carbocycles. The third kappa shape index (κ3) is 11.9. The highest BCUT2D eigenvalue weighted by Crippen LogP contribution is 2.38. The molecule has 2 N–H and O–H groups in total. The first-order chi connectivity index (χ1) is 26.3. The first kappa shape index (κ1) is 45.8. The third-order valence-electron chi connectivity index (χ3n) is 10.9. The summed E-state index contributed by atoms with van der Waals surface area (Å²) in [5.74, 6) is -3.54. The van der Waals surface area contributed by atoms with Gasteiger partial charge in [0.05, 0.1) is 36.9 Å². The topological polar surface area (TPSA) is 215 Å². The van der Waals surface area contributed by atoms with Crippen molar-refractivity contribution in [2.24, 2.45) is 11.8 Å². The van der Waals surface area contributed by atoms with Gasteiger partial charge in [0.25, 0.3) is 0 Å². The lowest BCUT2D eigenvalue weighted by molar-refractivity contribution is -0.344. The van der Waals surface area contributed by atoms with Crippen molar-refractivity contribution in [3.63, 3.8) is 0 Å².